The predicted molar refractivity (Wildman–Crippen MR) is 66.4 cm³/mol. The molecule has 0 radical (unpaired) electrons. The Kier molecular flexibility index (Phi) is 3.42. The molecule has 0 bridgehead atoms. The van der Waals surface area contributed by atoms with Crippen LogP contribution >= 0.6 is 0 Å². The van der Waals surface area contributed by atoms with E-state index in [9.17, 15) is 10.2 Å². The quantitative estimate of drug-likeness (QED) is 0.755. The van der Waals surface area contributed by atoms with Gasteiger partial charge in [0.1, 0.15) is 5.75 Å². The Balaban J connectivity index is 2.20. The Morgan fingerprint density at radius 2 is 1.41 bits per heavy atom. The molecule has 0 aromatic heterocycles. The zero-order chi connectivity index (χ0) is 12.3. The van der Waals surface area contributed by atoms with Crippen molar-refractivity contribution in [2.24, 2.45) is 5.73 Å². The Labute approximate surface area is 100 Å². The molecule has 3 heteroatoms. The second kappa shape index (κ2) is 4.99. The number of benzene rings is 2. The number of aliphatic hydroxyl groups is 1. The maximum Gasteiger partial charge on any atom is 0.115 e. The maximum absolute atomic E-state index is 10.1. The van der Waals surface area contributed by atoms with E-state index in [1.807, 2.05) is 30.3 Å². The van der Waals surface area contributed by atoms with E-state index in [1.54, 1.807) is 12.1 Å². The largest absolute Gasteiger partial charge is 0.508 e. The molecular formula is C14H15NO2. The Morgan fingerprint density at radius 1 is 0.824 bits per heavy atom. The molecule has 0 aliphatic heterocycles. The first-order chi connectivity index (χ1) is 8.18. The molecule has 2 aromatic rings. The number of aromatic hydroxyl groups is 1. The molecule has 0 fully saturated rings. The van der Waals surface area contributed by atoms with Gasteiger partial charge in [-0.1, -0.05) is 42.5 Å². The van der Waals surface area contributed by atoms with E-state index in [-0.39, 0.29) is 5.75 Å². The minimum absolute atomic E-state index is 0.175. The SMILES string of the molecule is NC(c1ccccc1)C(O)c1ccc(O)cc1. The van der Waals surface area contributed by atoms with Crippen LogP contribution in [0.5, 0.6) is 5.75 Å². The first-order valence-electron chi connectivity index (χ1n) is 5.46. The number of aliphatic hydroxyl groups excluding tert-OH is 1. The van der Waals surface area contributed by atoms with Gasteiger partial charge >= 0.3 is 0 Å². The topological polar surface area (TPSA) is 66.5 Å². The fourth-order valence-electron chi connectivity index (χ4n) is 1.74. The summed E-state index contributed by atoms with van der Waals surface area (Å²) in [4.78, 5) is 0. The second-order valence-corrected chi connectivity index (χ2v) is 3.97. The van der Waals surface area contributed by atoms with Gasteiger partial charge in [0.2, 0.25) is 0 Å². The number of rotatable bonds is 3. The van der Waals surface area contributed by atoms with Crippen molar-refractivity contribution in [3.05, 3.63) is 65.7 Å². The van der Waals surface area contributed by atoms with E-state index in [0.29, 0.717) is 5.56 Å². The van der Waals surface area contributed by atoms with E-state index in [4.69, 9.17) is 5.73 Å². The first-order valence-corrected chi connectivity index (χ1v) is 5.46. The molecular weight excluding hydrogens is 214 g/mol. The van der Waals surface area contributed by atoms with Crippen LogP contribution in [-0.2, 0) is 0 Å². The zero-order valence-electron chi connectivity index (χ0n) is 9.32. The third-order valence-electron chi connectivity index (χ3n) is 2.76. The van der Waals surface area contributed by atoms with Gasteiger partial charge in [0.05, 0.1) is 12.1 Å². The zero-order valence-corrected chi connectivity index (χ0v) is 9.32. The summed E-state index contributed by atoms with van der Waals surface area (Å²) in [7, 11) is 0. The monoisotopic (exact) mass is 229 g/mol. The van der Waals surface area contributed by atoms with E-state index >= 15 is 0 Å². The summed E-state index contributed by atoms with van der Waals surface area (Å²) in [5.74, 6) is 0.175. The van der Waals surface area contributed by atoms with Gasteiger partial charge in [0.15, 0.2) is 0 Å². The number of nitrogens with two attached hydrogens (primary N) is 1. The molecule has 0 saturated heterocycles. The molecule has 2 rings (SSSR count). The summed E-state index contributed by atoms with van der Waals surface area (Å²) < 4.78 is 0. The maximum atomic E-state index is 10.1. The molecule has 2 unspecified atom stereocenters. The lowest BCUT2D eigenvalue weighted by molar-refractivity contribution is 0.147. The molecule has 88 valence electrons. The van der Waals surface area contributed by atoms with Gasteiger partial charge in [-0.15, -0.1) is 0 Å². The fourth-order valence-corrected chi connectivity index (χ4v) is 1.74. The molecule has 17 heavy (non-hydrogen) atoms. The van der Waals surface area contributed by atoms with Crippen molar-refractivity contribution >= 4 is 0 Å². The summed E-state index contributed by atoms with van der Waals surface area (Å²) >= 11 is 0. The molecule has 0 saturated carbocycles. The van der Waals surface area contributed by atoms with Crippen molar-refractivity contribution in [3.8, 4) is 5.75 Å². The molecule has 0 heterocycles. The summed E-state index contributed by atoms with van der Waals surface area (Å²) in [6, 6.07) is 15.4. The molecule has 0 aliphatic rings. The highest BCUT2D eigenvalue weighted by Crippen LogP contribution is 2.27. The molecule has 0 amide bonds. The second-order valence-electron chi connectivity index (χ2n) is 3.97. The van der Waals surface area contributed by atoms with Crippen molar-refractivity contribution in [3.63, 3.8) is 0 Å². The third kappa shape index (κ3) is 2.64. The predicted octanol–water partition coefficient (Wildman–Crippen LogP) is 2.13. The number of phenolic OH excluding ortho intramolecular Hbond substituents is 1. The van der Waals surface area contributed by atoms with Gasteiger partial charge in [-0.25, -0.2) is 0 Å². The smallest absolute Gasteiger partial charge is 0.115 e. The molecule has 3 nitrogen and oxygen atoms in total. The van der Waals surface area contributed by atoms with Crippen LogP contribution in [-0.4, -0.2) is 10.2 Å². The lowest BCUT2D eigenvalue weighted by Crippen LogP contribution is -2.19. The third-order valence-corrected chi connectivity index (χ3v) is 2.76. The highest BCUT2D eigenvalue weighted by molar-refractivity contribution is 5.30. The molecule has 2 atom stereocenters. The average Bonchev–Trinajstić information content (AvgIpc) is 2.39. The molecule has 2 aromatic carbocycles. The molecule has 4 N–H and O–H groups in total. The van der Waals surface area contributed by atoms with Crippen molar-refractivity contribution in [1.29, 1.82) is 0 Å². The van der Waals surface area contributed by atoms with E-state index < -0.39 is 12.1 Å². The summed E-state index contributed by atoms with van der Waals surface area (Å²) in [6.45, 7) is 0. The van der Waals surface area contributed by atoms with Crippen LogP contribution in [0.15, 0.2) is 54.6 Å². The van der Waals surface area contributed by atoms with Crippen molar-refractivity contribution in [1.82, 2.24) is 0 Å². The van der Waals surface area contributed by atoms with Crippen LogP contribution in [0.2, 0.25) is 0 Å². The standard InChI is InChI=1S/C14H15NO2/c15-13(10-4-2-1-3-5-10)14(17)11-6-8-12(16)9-7-11/h1-9,13-14,16-17H,15H2. The van der Waals surface area contributed by atoms with Gasteiger partial charge in [-0.2, -0.15) is 0 Å². The minimum Gasteiger partial charge on any atom is -0.508 e. The van der Waals surface area contributed by atoms with Crippen molar-refractivity contribution < 1.29 is 10.2 Å². The Bertz CT molecular complexity index is 467. The Morgan fingerprint density at radius 3 is 2.00 bits per heavy atom. The van der Waals surface area contributed by atoms with Gasteiger partial charge in [0, 0.05) is 0 Å². The van der Waals surface area contributed by atoms with Crippen LogP contribution in [0.25, 0.3) is 0 Å². The van der Waals surface area contributed by atoms with Crippen molar-refractivity contribution in [2.75, 3.05) is 0 Å². The summed E-state index contributed by atoms with van der Waals surface area (Å²) in [6.07, 6.45) is -0.780. The normalized spacial score (nSPS) is 14.2. The van der Waals surface area contributed by atoms with Gasteiger partial charge in [0.25, 0.3) is 0 Å². The highest BCUT2D eigenvalue weighted by Gasteiger charge is 2.18. The van der Waals surface area contributed by atoms with Crippen LogP contribution in [0.3, 0.4) is 0 Å². The lowest BCUT2D eigenvalue weighted by Gasteiger charge is -2.19. The summed E-state index contributed by atoms with van der Waals surface area (Å²) in [5, 5.41) is 19.3. The number of phenols is 1. The number of hydrogen-bond donors (Lipinski definition) is 3. The summed E-state index contributed by atoms with van der Waals surface area (Å²) in [5.41, 5.74) is 7.57. The lowest BCUT2D eigenvalue weighted by atomic mass is 9.97. The van der Waals surface area contributed by atoms with Crippen LogP contribution in [0, 0.1) is 0 Å². The molecule has 0 spiro atoms. The van der Waals surface area contributed by atoms with Crippen LogP contribution in [0.1, 0.15) is 23.3 Å². The fraction of sp³-hybridized carbons (Fsp3) is 0.143. The van der Waals surface area contributed by atoms with Gasteiger partial charge in [-0.3, -0.25) is 0 Å². The van der Waals surface area contributed by atoms with E-state index in [2.05, 4.69) is 0 Å². The first kappa shape index (κ1) is 11.6. The van der Waals surface area contributed by atoms with Crippen LogP contribution < -0.4 is 5.73 Å². The molecule has 0 aliphatic carbocycles. The highest BCUT2D eigenvalue weighted by atomic mass is 16.3. The minimum atomic E-state index is -0.780. The van der Waals surface area contributed by atoms with Crippen molar-refractivity contribution in [2.45, 2.75) is 12.1 Å². The van der Waals surface area contributed by atoms with Crippen LogP contribution in [0.4, 0.5) is 0 Å². The Hall–Kier alpha value is -1.84. The van der Waals surface area contributed by atoms with E-state index in [0.717, 1.165) is 5.56 Å². The van der Waals surface area contributed by atoms with Gasteiger partial charge in [-0.05, 0) is 23.3 Å². The van der Waals surface area contributed by atoms with E-state index in [1.165, 1.54) is 12.1 Å². The van der Waals surface area contributed by atoms with Gasteiger partial charge < -0.3 is 15.9 Å². The number of hydrogen-bond acceptors (Lipinski definition) is 3. The average molecular weight is 229 g/mol.